The first-order valence-corrected chi connectivity index (χ1v) is 11.1. The molecule has 0 radical (unpaired) electrons. The van der Waals surface area contributed by atoms with E-state index in [2.05, 4.69) is 22.2 Å². The van der Waals surface area contributed by atoms with Gasteiger partial charge < -0.3 is 4.42 Å². The summed E-state index contributed by atoms with van der Waals surface area (Å²) in [6.45, 7) is 0. The van der Waals surface area contributed by atoms with Crippen LogP contribution in [0.2, 0.25) is 0 Å². The van der Waals surface area contributed by atoms with Crippen molar-refractivity contribution in [3.8, 4) is 0 Å². The number of benzene rings is 3. The van der Waals surface area contributed by atoms with Crippen LogP contribution < -0.4 is 5.01 Å². The lowest BCUT2D eigenvalue weighted by Crippen LogP contribution is -2.25. The van der Waals surface area contributed by atoms with Gasteiger partial charge in [-0.05, 0) is 60.0 Å². The van der Waals surface area contributed by atoms with Crippen molar-refractivity contribution in [3.63, 3.8) is 0 Å². The molecule has 0 N–H and O–H groups in total. The first-order chi connectivity index (χ1) is 16.2. The standard InChI is InChI=1S/C26H18FN3O2S/c27-21-12-13-23-24(16-21)33-26(29-23)30(28-17-22-7-4-14-32-22)25(31)20-10-8-19(9-11-20)15-18-5-2-1-3-6-18/h1-14,16-17H,15H2/b28-17+. The Hall–Kier alpha value is -4.10. The first-order valence-electron chi connectivity index (χ1n) is 10.3. The van der Waals surface area contributed by atoms with Gasteiger partial charge in [-0.25, -0.2) is 9.37 Å². The molecule has 33 heavy (non-hydrogen) atoms. The minimum absolute atomic E-state index is 0.344. The number of aromatic nitrogens is 1. The monoisotopic (exact) mass is 455 g/mol. The van der Waals surface area contributed by atoms with Crippen molar-refractivity contribution in [2.24, 2.45) is 5.10 Å². The minimum Gasteiger partial charge on any atom is -0.463 e. The van der Waals surface area contributed by atoms with E-state index in [1.54, 1.807) is 30.3 Å². The van der Waals surface area contributed by atoms with Gasteiger partial charge in [0.15, 0.2) is 0 Å². The van der Waals surface area contributed by atoms with E-state index < -0.39 is 0 Å². The third-order valence-electron chi connectivity index (χ3n) is 5.01. The normalized spacial score (nSPS) is 11.3. The Bertz CT molecular complexity index is 1410. The quantitative estimate of drug-likeness (QED) is 0.223. The van der Waals surface area contributed by atoms with Crippen LogP contribution in [0.5, 0.6) is 0 Å². The van der Waals surface area contributed by atoms with Crippen molar-refractivity contribution in [2.75, 3.05) is 5.01 Å². The third kappa shape index (κ3) is 4.73. The van der Waals surface area contributed by atoms with Gasteiger partial charge in [-0.1, -0.05) is 53.8 Å². The van der Waals surface area contributed by atoms with Crippen LogP contribution in [0, 0.1) is 5.82 Å². The second-order valence-corrected chi connectivity index (χ2v) is 8.35. The van der Waals surface area contributed by atoms with Crippen LogP contribution in [0.1, 0.15) is 27.2 Å². The Morgan fingerprint density at radius 2 is 1.79 bits per heavy atom. The second kappa shape index (κ2) is 9.18. The molecule has 3 aromatic carbocycles. The molecule has 1 amide bonds. The van der Waals surface area contributed by atoms with Crippen LogP contribution in [0.4, 0.5) is 9.52 Å². The molecule has 0 fully saturated rings. The van der Waals surface area contributed by atoms with Crippen molar-refractivity contribution >= 4 is 38.8 Å². The van der Waals surface area contributed by atoms with E-state index in [0.29, 0.717) is 26.7 Å². The average Bonchev–Trinajstić information content (AvgIpc) is 3.50. The number of hydrazone groups is 1. The molecule has 2 aromatic heterocycles. The van der Waals surface area contributed by atoms with E-state index >= 15 is 0 Å². The minimum atomic E-state index is -0.358. The molecule has 0 aliphatic carbocycles. The summed E-state index contributed by atoms with van der Waals surface area (Å²) in [5.74, 6) is -0.203. The molecule has 0 saturated heterocycles. The Labute approximate surface area is 193 Å². The molecule has 0 saturated carbocycles. The molecule has 7 heteroatoms. The van der Waals surface area contributed by atoms with E-state index in [0.717, 1.165) is 12.0 Å². The predicted molar refractivity (Wildman–Crippen MR) is 128 cm³/mol. The number of anilines is 1. The Balaban J connectivity index is 1.45. The summed E-state index contributed by atoms with van der Waals surface area (Å²) in [6, 6.07) is 25.4. The van der Waals surface area contributed by atoms with Crippen molar-refractivity contribution in [3.05, 3.63) is 119 Å². The van der Waals surface area contributed by atoms with Crippen molar-refractivity contribution < 1.29 is 13.6 Å². The summed E-state index contributed by atoms with van der Waals surface area (Å²) < 4.78 is 19.6. The lowest BCUT2D eigenvalue weighted by Gasteiger charge is -2.14. The van der Waals surface area contributed by atoms with Gasteiger partial charge in [0, 0.05) is 5.56 Å². The van der Waals surface area contributed by atoms with Crippen LogP contribution in [0.15, 0.2) is 101 Å². The molecule has 0 unspecified atom stereocenters. The maximum atomic E-state index is 13.7. The maximum Gasteiger partial charge on any atom is 0.280 e. The zero-order chi connectivity index (χ0) is 22.6. The maximum absolute atomic E-state index is 13.7. The van der Waals surface area contributed by atoms with Crippen LogP contribution in [0.25, 0.3) is 10.2 Å². The molecule has 2 heterocycles. The van der Waals surface area contributed by atoms with Crippen molar-refractivity contribution in [1.29, 1.82) is 0 Å². The van der Waals surface area contributed by atoms with Crippen LogP contribution in [-0.4, -0.2) is 17.1 Å². The highest BCUT2D eigenvalue weighted by Gasteiger charge is 2.21. The number of carbonyl (C=O) groups is 1. The molecule has 0 bridgehead atoms. The highest BCUT2D eigenvalue weighted by atomic mass is 32.1. The topological polar surface area (TPSA) is 58.7 Å². The van der Waals surface area contributed by atoms with Gasteiger partial charge in [-0.15, -0.1) is 0 Å². The molecule has 0 aliphatic rings. The van der Waals surface area contributed by atoms with Gasteiger partial charge >= 0.3 is 0 Å². The molecular weight excluding hydrogens is 437 g/mol. The summed E-state index contributed by atoms with van der Waals surface area (Å²) in [4.78, 5) is 17.9. The fraction of sp³-hybridized carbons (Fsp3) is 0.0385. The summed E-state index contributed by atoms with van der Waals surface area (Å²) >= 11 is 1.19. The number of amides is 1. The number of thiazole rings is 1. The van der Waals surface area contributed by atoms with E-state index in [4.69, 9.17) is 4.42 Å². The van der Waals surface area contributed by atoms with E-state index in [-0.39, 0.29) is 11.7 Å². The van der Waals surface area contributed by atoms with Crippen LogP contribution >= 0.6 is 11.3 Å². The van der Waals surface area contributed by atoms with Crippen molar-refractivity contribution in [2.45, 2.75) is 6.42 Å². The number of hydrogen-bond acceptors (Lipinski definition) is 5. The summed E-state index contributed by atoms with van der Waals surface area (Å²) in [6.07, 6.45) is 3.76. The molecule has 5 aromatic rings. The highest BCUT2D eigenvalue weighted by molar-refractivity contribution is 7.22. The van der Waals surface area contributed by atoms with E-state index in [1.807, 2.05) is 30.3 Å². The number of furan rings is 1. The SMILES string of the molecule is O=C(c1ccc(Cc2ccccc2)cc1)N(/N=C/c1ccco1)c1nc2ccc(F)cc2s1. The number of nitrogens with zero attached hydrogens (tertiary/aromatic N) is 3. The Morgan fingerprint density at radius 1 is 1.00 bits per heavy atom. The molecule has 162 valence electrons. The van der Waals surface area contributed by atoms with Crippen LogP contribution in [-0.2, 0) is 6.42 Å². The van der Waals surface area contributed by atoms with Crippen molar-refractivity contribution in [1.82, 2.24) is 4.98 Å². The van der Waals surface area contributed by atoms with Crippen LogP contribution in [0.3, 0.4) is 0 Å². The summed E-state index contributed by atoms with van der Waals surface area (Å²) in [5, 5.41) is 5.90. The Morgan fingerprint density at radius 3 is 2.55 bits per heavy atom. The van der Waals surface area contributed by atoms with E-state index in [1.165, 1.54) is 46.5 Å². The zero-order valence-electron chi connectivity index (χ0n) is 17.4. The lowest BCUT2D eigenvalue weighted by atomic mass is 10.0. The van der Waals surface area contributed by atoms with Gasteiger partial charge in [0.25, 0.3) is 5.91 Å². The Kier molecular flexibility index (Phi) is 5.78. The second-order valence-electron chi connectivity index (χ2n) is 7.34. The highest BCUT2D eigenvalue weighted by Crippen LogP contribution is 2.30. The number of carbonyl (C=O) groups excluding carboxylic acids is 1. The third-order valence-corrected chi connectivity index (χ3v) is 6.00. The van der Waals surface area contributed by atoms with E-state index in [9.17, 15) is 9.18 Å². The van der Waals surface area contributed by atoms with Gasteiger partial charge in [-0.2, -0.15) is 10.1 Å². The number of halogens is 1. The van der Waals surface area contributed by atoms with Gasteiger partial charge in [-0.3, -0.25) is 4.79 Å². The lowest BCUT2D eigenvalue weighted by molar-refractivity contribution is 0.0988. The molecule has 5 nitrogen and oxygen atoms in total. The zero-order valence-corrected chi connectivity index (χ0v) is 18.2. The number of hydrogen-bond donors (Lipinski definition) is 0. The smallest absolute Gasteiger partial charge is 0.280 e. The number of rotatable bonds is 6. The van der Waals surface area contributed by atoms with Gasteiger partial charge in [0.2, 0.25) is 5.13 Å². The molecule has 0 atom stereocenters. The average molecular weight is 456 g/mol. The molecular formula is C26H18FN3O2S. The molecule has 0 spiro atoms. The summed E-state index contributed by atoms with van der Waals surface area (Å²) in [7, 11) is 0. The fourth-order valence-corrected chi connectivity index (χ4v) is 4.31. The van der Waals surface area contributed by atoms with Gasteiger partial charge in [0.1, 0.15) is 11.6 Å². The largest absolute Gasteiger partial charge is 0.463 e. The fourth-order valence-electron chi connectivity index (χ4n) is 3.36. The first kappa shape index (κ1) is 20.8. The summed E-state index contributed by atoms with van der Waals surface area (Å²) in [5.41, 5.74) is 3.36. The predicted octanol–water partition coefficient (Wildman–Crippen LogP) is 6.30. The van der Waals surface area contributed by atoms with Gasteiger partial charge in [0.05, 0.1) is 22.7 Å². The molecule has 5 rings (SSSR count). The number of fused-ring (bicyclic) bond motifs is 1. The molecule has 0 aliphatic heterocycles.